The molecule has 0 atom stereocenters. The second kappa shape index (κ2) is 5.23. The molecule has 1 aromatic rings. The Bertz CT molecular complexity index is 285. The molecule has 0 radical (unpaired) electrons. The first-order valence-electron chi connectivity index (χ1n) is 3.50. The molecule has 0 aliphatic rings. The maximum Gasteiger partial charge on any atom is 0.238 e. The summed E-state index contributed by atoms with van der Waals surface area (Å²) < 4.78 is 0. The molecule has 0 aromatic carbocycles. The minimum atomic E-state index is 0.0797. The lowest BCUT2D eigenvalue weighted by Gasteiger charge is -2.03. The van der Waals surface area contributed by atoms with Crippen molar-refractivity contribution in [2.75, 3.05) is 17.8 Å². The largest absolute Gasteiger partial charge is 0.396 e. The van der Waals surface area contributed by atoms with E-state index < -0.39 is 0 Å². The van der Waals surface area contributed by atoms with Crippen LogP contribution in [-0.2, 0) is 0 Å². The summed E-state index contributed by atoms with van der Waals surface area (Å²) in [6.07, 6.45) is 1.46. The van der Waals surface area contributed by atoms with Gasteiger partial charge in [0.05, 0.1) is 17.8 Å². The van der Waals surface area contributed by atoms with E-state index in [-0.39, 0.29) is 6.61 Å². The van der Waals surface area contributed by atoms with Crippen molar-refractivity contribution in [1.29, 1.82) is 0 Å². The number of anilines is 1. The van der Waals surface area contributed by atoms with E-state index in [1.54, 1.807) is 0 Å². The molecule has 0 bridgehead atoms. The van der Waals surface area contributed by atoms with Crippen molar-refractivity contribution in [3.63, 3.8) is 0 Å². The van der Waals surface area contributed by atoms with Gasteiger partial charge < -0.3 is 5.11 Å². The minimum Gasteiger partial charge on any atom is -0.396 e. The molecule has 1 rings (SSSR count). The molecule has 4 N–H and O–H groups in total. The van der Waals surface area contributed by atoms with Crippen molar-refractivity contribution < 1.29 is 5.11 Å². The van der Waals surface area contributed by atoms with Crippen molar-refractivity contribution >= 4 is 29.3 Å². The lowest BCUT2D eigenvalue weighted by molar-refractivity contribution is 0.322. The van der Waals surface area contributed by atoms with E-state index in [1.807, 2.05) is 0 Å². The summed E-state index contributed by atoms with van der Waals surface area (Å²) in [7, 11) is 0. The van der Waals surface area contributed by atoms with Gasteiger partial charge in [-0.3, -0.25) is 5.43 Å². The van der Waals surface area contributed by atoms with Gasteiger partial charge in [0, 0.05) is 5.75 Å². The summed E-state index contributed by atoms with van der Waals surface area (Å²) in [6.45, 7) is 0.0797. The van der Waals surface area contributed by atoms with Crippen molar-refractivity contribution in [3.05, 3.63) is 11.2 Å². The van der Waals surface area contributed by atoms with Crippen molar-refractivity contribution in [2.24, 2.45) is 5.84 Å². The van der Waals surface area contributed by atoms with Crippen molar-refractivity contribution in [3.8, 4) is 0 Å². The highest BCUT2D eigenvalue weighted by Crippen LogP contribution is 2.24. The van der Waals surface area contributed by atoms with Gasteiger partial charge in [-0.1, -0.05) is 11.6 Å². The number of aliphatic hydroxyl groups excluding tert-OH is 1. The maximum absolute atomic E-state index is 8.60. The zero-order valence-corrected chi connectivity index (χ0v) is 8.27. The second-order valence-electron chi connectivity index (χ2n) is 2.06. The van der Waals surface area contributed by atoms with Gasteiger partial charge in [-0.05, 0) is 0 Å². The molecule has 0 unspecified atom stereocenters. The Hall–Kier alpha value is -0.560. The van der Waals surface area contributed by atoms with Crippen LogP contribution in [0.2, 0.25) is 5.02 Å². The van der Waals surface area contributed by atoms with Gasteiger partial charge in [0.25, 0.3) is 0 Å². The van der Waals surface area contributed by atoms with Crippen molar-refractivity contribution in [2.45, 2.75) is 5.03 Å². The molecule has 7 heteroatoms. The summed E-state index contributed by atoms with van der Waals surface area (Å²) in [5.41, 5.74) is 2.31. The molecule has 0 spiro atoms. The highest BCUT2D eigenvalue weighted by atomic mass is 35.5. The van der Waals surface area contributed by atoms with Crippen LogP contribution in [0.5, 0.6) is 0 Å². The molecule has 1 heterocycles. The lowest BCUT2D eigenvalue weighted by atomic mass is 10.7. The van der Waals surface area contributed by atoms with Crippen LogP contribution in [0.1, 0.15) is 0 Å². The van der Waals surface area contributed by atoms with E-state index in [9.17, 15) is 0 Å². The number of aliphatic hydroxyl groups is 1. The fraction of sp³-hybridized carbons (Fsp3) is 0.333. The molecule has 0 fully saturated rings. The van der Waals surface area contributed by atoms with Gasteiger partial charge in [0.2, 0.25) is 5.95 Å². The number of hydrazine groups is 1. The van der Waals surface area contributed by atoms with Gasteiger partial charge >= 0.3 is 0 Å². The molecule has 5 nitrogen and oxygen atoms in total. The third kappa shape index (κ3) is 3.00. The molecule has 13 heavy (non-hydrogen) atoms. The second-order valence-corrected chi connectivity index (χ2v) is 3.55. The van der Waals surface area contributed by atoms with E-state index in [0.717, 1.165) is 0 Å². The predicted octanol–water partition coefficient (Wildman–Crippen LogP) is 0.500. The van der Waals surface area contributed by atoms with Crippen LogP contribution in [0, 0.1) is 0 Å². The molecule has 0 aliphatic heterocycles. The molecular weight excluding hydrogens is 212 g/mol. The fourth-order valence-electron chi connectivity index (χ4n) is 0.665. The molecule has 0 amide bonds. The highest BCUT2D eigenvalue weighted by Gasteiger charge is 2.04. The Morgan fingerprint density at radius 1 is 1.69 bits per heavy atom. The lowest BCUT2D eigenvalue weighted by Crippen LogP contribution is -2.10. The van der Waals surface area contributed by atoms with Crippen LogP contribution in [0.3, 0.4) is 0 Å². The molecule has 0 saturated heterocycles. The summed E-state index contributed by atoms with van der Waals surface area (Å²) in [5.74, 6) is 5.97. The van der Waals surface area contributed by atoms with Crippen LogP contribution in [-0.4, -0.2) is 27.4 Å². The Kier molecular flexibility index (Phi) is 4.23. The van der Waals surface area contributed by atoms with Crippen LogP contribution in [0.25, 0.3) is 0 Å². The quantitative estimate of drug-likeness (QED) is 0.297. The number of rotatable bonds is 4. The van der Waals surface area contributed by atoms with Gasteiger partial charge in [-0.15, -0.1) is 11.8 Å². The summed E-state index contributed by atoms with van der Waals surface area (Å²) in [4.78, 5) is 7.81. The number of nitrogens with two attached hydrogens (primary N) is 1. The SMILES string of the molecule is NNc1ncc(Cl)c(SCCO)n1. The molecular formula is C6H9ClN4OS. The van der Waals surface area contributed by atoms with E-state index in [2.05, 4.69) is 15.4 Å². The van der Waals surface area contributed by atoms with E-state index in [4.69, 9.17) is 22.6 Å². The van der Waals surface area contributed by atoms with Gasteiger partial charge in [0.15, 0.2) is 0 Å². The van der Waals surface area contributed by atoms with Crippen molar-refractivity contribution in [1.82, 2.24) is 9.97 Å². The monoisotopic (exact) mass is 220 g/mol. The van der Waals surface area contributed by atoms with E-state index in [1.165, 1.54) is 18.0 Å². The first-order valence-corrected chi connectivity index (χ1v) is 4.87. The number of hydrogen-bond acceptors (Lipinski definition) is 6. The van der Waals surface area contributed by atoms with Crippen LogP contribution >= 0.6 is 23.4 Å². The first kappa shape index (κ1) is 10.5. The standard InChI is InChI=1S/C6H9ClN4OS/c7-4-3-9-6(11-8)10-5(4)13-2-1-12/h3,12H,1-2,8H2,(H,9,10,11). The van der Waals surface area contributed by atoms with Gasteiger partial charge in [0.1, 0.15) is 5.03 Å². The third-order valence-corrected chi connectivity index (χ3v) is 2.53. The normalized spacial score (nSPS) is 10.1. The third-order valence-electron chi connectivity index (χ3n) is 1.17. The van der Waals surface area contributed by atoms with E-state index >= 15 is 0 Å². The number of nitrogens with one attached hydrogen (secondary N) is 1. The summed E-state index contributed by atoms with van der Waals surface area (Å²) in [6, 6.07) is 0. The smallest absolute Gasteiger partial charge is 0.238 e. The molecule has 0 saturated carbocycles. The van der Waals surface area contributed by atoms with Gasteiger partial charge in [-0.2, -0.15) is 0 Å². The maximum atomic E-state index is 8.60. The Balaban J connectivity index is 2.78. The first-order chi connectivity index (χ1) is 6.27. The Labute approximate surface area is 84.7 Å². The number of thioether (sulfide) groups is 1. The highest BCUT2D eigenvalue weighted by molar-refractivity contribution is 7.99. The topological polar surface area (TPSA) is 84.1 Å². The van der Waals surface area contributed by atoms with Crippen LogP contribution in [0.4, 0.5) is 5.95 Å². The summed E-state index contributed by atoms with van der Waals surface area (Å²) >= 11 is 7.14. The Morgan fingerprint density at radius 3 is 3.08 bits per heavy atom. The Morgan fingerprint density at radius 2 is 2.46 bits per heavy atom. The van der Waals surface area contributed by atoms with Crippen LogP contribution in [0.15, 0.2) is 11.2 Å². The van der Waals surface area contributed by atoms with Gasteiger partial charge in [-0.25, -0.2) is 15.8 Å². The van der Waals surface area contributed by atoms with Crippen LogP contribution < -0.4 is 11.3 Å². The number of hydrogen-bond donors (Lipinski definition) is 3. The number of halogens is 1. The predicted molar refractivity (Wildman–Crippen MR) is 52.7 cm³/mol. The number of aromatic nitrogens is 2. The number of nitrogens with zero attached hydrogens (tertiary/aromatic N) is 2. The average Bonchev–Trinajstić information content (AvgIpc) is 2.17. The van der Waals surface area contributed by atoms with E-state index in [0.29, 0.717) is 21.7 Å². The average molecular weight is 221 g/mol. The zero-order chi connectivity index (χ0) is 9.68. The molecule has 72 valence electrons. The zero-order valence-electron chi connectivity index (χ0n) is 6.70. The molecule has 0 aliphatic carbocycles. The summed E-state index contributed by atoms with van der Waals surface area (Å²) in [5, 5.41) is 9.66. The molecule has 1 aromatic heterocycles. The fourth-order valence-corrected chi connectivity index (χ4v) is 1.55. The minimum absolute atomic E-state index is 0.0797. The number of nitrogen functional groups attached to an aromatic ring is 1.